The molecule has 4 rings (SSSR count). The van der Waals surface area contributed by atoms with E-state index in [2.05, 4.69) is 0 Å². The summed E-state index contributed by atoms with van der Waals surface area (Å²) in [4.78, 5) is 11.7. The van der Waals surface area contributed by atoms with Crippen molar-refractivity contribution in [1.29, 1.82) is 0 Å². The molecule has 130 valence electrons. The van der Waals surface area contributed by atoms with Crippen LogP contribution in [0, 0.1) is 29.1 Å². The molecular weight excluding hydrogens is 371 g/mol. The standard InChI is InChI=1S/C19H8F5OS/c20-13-14(21)16(23)19(17(24)15(13)22)26-11-7-3-1-5-9(11)18(25)10-6-2-4-8-12(10)26/h1-8H/q+1. The van der Waals surface area contributed by atoms with Crippen molar-refractivity contribution in [3.05, 3.63) is 87.8 Å². The zero-order valence-corrected chi connectivity index (χ0v) is 13.6. The minimum Gasteiger partial charge on any atom is -0.288 e. The topological polar surface area (TPSA) is 17.1 Å². The first kappa shape index (κ1) is 16.7. The van der Waals surface area contributed by atoms with Crippen LogP contribution in [-0.4, -0.2) is 0 Å². The lowest BCUT2D eigenvalue weighted by Gasteiger charge is -2.06. The van der Waals surface area contributed by atoms with Crippen LogP contribution in [0.5, 0.6) is 0 Å². The molecule has 26 heavy (non-hydrogen) atoms. The van der Waals surface area contributed by atoms with Crippen LogP contribution in [0.2, 0.25) is 0 Å². The van der Waals surface area contributed by atoms with E-state index in [0.717, 1.165) is 0 Å². The molecule has 0 N–H and O–H groups in total. The molecule has 0 aliphatic carbocycles. The lowest BCUT2D eigenvalue weighted by molar-refractivity contribution is 0.383. The molecular formula is C19H8F5OS+. The molecule has 0 aliphatic rings. The molecule has 0 atom stereocenters. The Bertz CT molecular complexity index is 1170. The Morgan fingerprint density at radius 1 is 0.577 bits per heavy atom. The molecule has 1 heterocycles. The number of fused-ring (bicyclic) bond motifs is 2. The monoisotopic (exact) mass is 379 g/mol. The maximum atomic E-state index is 14.5. The summed E-state index contributed by atoms with van der Waals surface area (Å²) in [6, 6.07) is 12.1. The first-order valence-corrected chi connectivity index (χ1v) is 8.64. The summed E-state index contributed by atoms with van der Waals surface area (Å²) in [6.45, 7) is 0. The lowest BCUT2D eigenvalue weighted by atomic mass is 10.2. The lowest BCUT2D eigenvalue weighted by Crippen LogP contribution is -2.05. The van der Waals surface area contributed by atoms with Crippen molar-refractivity contribution in [2.24, 2.45) is 0 Å². The SMILES string of the molecule is O=c1c2ccccc2[s+](-c2c(F)c(F)c(F)c(F)c2F)c2ccccc12. The van der Waals surface area contributed by atoms with Crippen LogP contribution in [0.15, 0.2) is 53.3 Å². The molecule has 0 saturated carbocycles. The normalized spacial score (nSPS) is 11.4. The van der Waals surface area contributed by atoms with E-state index in [0.29, 0.717) is 0 Å². The van der Waals surface area contributed by atoms with E-state index in [1.165, 1.54) is 24.3 Å². The molecule has 0 spiro atoms. The number of rotatable bonds is 1. The molecule has 7 heteroatoms. The summed E-state index contributed by atoms with van der Waals surface area (Å²) in [5, 5.41) is 0.358. The fourth-order valence-electron chi connectivity index (χ4n) is 2.91. The Morgan fingerprint density at radius 2 is 0.962 bits per heavy atom. The first-order valence-electron chi connectivity index (χ1n) is 7.42. The molecule has 1 nitrogen and oxygen atoms in total. The third-order valence-corrected chi connectivity index (χ3v) is 6.44. The number of hydrogen-bond acceptors (Lipinski definition) is 1. The average Bonchev–Trinajstić information content (AvgIpc) is 2.67. The number of benzene rings is 3. The second kappa shape index (κ2) is 5.88. The van der Waals surface area contributed by atoms with Crippen LogP contribution in [0.4, 0.5) is 22.0 Å². The van der Waals surface area contributed by atoms with E-state index in [-0.39, 0.29) is 25.6 Å². The highest BCUT2D eigenvalue weighted by Crippen LogP contribution is 2.46. The van der Waals surface area contributed by atoms with Crippen molar-refractivity contribution in [1.82, 2.24) is 0 Å². The van der Waals surface area contributed by atoms with Gasteiger partial charge in [-0.3, -0.25) is 4.79 Å². The van der Waals surface area contributed by atoms with E-state index < -0.39 is 44.5 Å². The van der Waals surface area contributed by atoms with Gasteiger partial charge in [0.25, 0.3) is 4.90 Å². The van der Waals surface area contributed by atoms with E-state index in [4.69, 9.17) is 0 Å². The zero-order chi connectivity index (χ0) is 18.6. The van der Waals surface area contributed by atoms with Crippen molar-refractivity contribution in [2.75, 3.05) is 0 Å². The van der Waals surface area contributed by atoms with Gasteiger partial charge >= 0.3 is 0 Å². The summed E-state index contributed by atoms with van der Waals surface area (Å²) in [5.41, 5.74) is -0.358. The molecule has 0 fully saturated rings. The third-order valence-electron chi connectivity index (χ3n) is 4.08. The molecule has 3 aromatic carbocycles. The maximum Gasteiger partial charge on any atom is 0.257 e. The predicted octanol–water partition coefficient (Wildman–Crippen LogP) is 5.79. The highest BCUT2D eigenvalue weighted by atomic mass is 32.2. The number of hydrogen-bond donors (Lipinski definition) is 0. The Kier molecular flexibility index (Phi) is 3.77. The molecule has 0 bridgehead atoms. The van der Waals surface area contributed by atoms with Crippen LogP contribution in [0.1, 0.15) is 0 Å². The fourth-order valence-corrected chi connectivity index (χ4v) is 5.32. The van der Waals surface area contributed by atoms with Crippen LogP contribution in [-0.2, 0) is 0 Å². The first-order chi connectivity index (χ1) is 12.4. The molecule has 1 aromatic heterocycles. The van der Waals surface area contributed by atoms with Crippen molar-refractivity contribution >= 4 is 30.6 Å². The van der Waals surface area contributed by atoms with E-state index in [9.17, 15) is 26.7 Å². The Labute approximate surface area is 145 Å². The van der Waals surface area contributed by atoms with Crippen LogP contribution < -0.4 is 5.43 Å². The van der Waals surface area contributed by atoms with Gasteiger partial charge in [-0.1, -0.05) is 24.3 Å². The van der Waals surface area contributed by atoms with E-state index in [1.807, 2.05) is 0 Å². The molecule has 0 aliphatic heterocycles. The van der Waals surface area contributed by atoms with Gasteiger partial charge < -0.3 is 0 Å². The van der Waals surface area contributed by atoms with Gasteiger partial charge in [0.05, 0.1) is 10.8 Å². The Balaban J connectivity index is 2.34. The second-order valence-electron chi connectivity index (χ2n) is 5.53. The van der Waals surface area contributed by atoms with Gasteiger partial charge in [0, 0.05) is 10.5 Å². The smallest absolute Gasteiger partial charge is 0.257 e. The van der Waals surface area contributed by atoms with Crippen molar-refractivity contribution in [3.8, 4) is 4.90 Å². The molecule has 4 aromatic rings. The van der Waals surface area contributed by atoms with Crippen LogP contribution in [0.3, 0.4) is 0 Å². The van der Waals surface area contributed by atoms with E-state index >= 15 is 0 Å². The van der Waals surface area contributed by atoms with Gasteiger partial charge in [0.2, 0.25) is 34.5 Å². The average molecular weight is 379 g/mol. The van der Waals surface area contributed by atoms with Gasteiger partial charge in [-0.15, -0.1) is 0 Å². The molecule has 0 unspecified atom stereocenters. The van der Waals surface area contributed by atoms with Crippen molar-refractivity contribution in [2.45, 2.75) is 0 Å². The van der Waals surface area contributed by atoms with Gasteiger partial charge in [0.15, 0.2) is 9.40 Å². The van der Waals surface area contributed by atoms with Crippen molar-refractivity contribution < 1.29 is 22.0 Å². The van der Waals surface area contributed by atoms with E-state index in [1.54, 1.807) is 24.3 Å². The van der Waals surface area contributed by atoms with Gasteiger partial charge in [-0.05, 0) is 24.3 Å². The summed E-state index contributed by atoms with van der Waals surface area (Å²) in [6.07, 6.45) is 0. The highest BCUT2D eigenvalue weighted by Gasteiger charge is 2.35. The Morgan fingerprint density at radius 3 is 1.42 bits per heavy atom. The molecule has 0 saturated heterocycles. The summed E-state index contributed by atoms with van der Waals surface area (Å²) in [7, 11) is -1.65. The third kappa shape index (κ3) is 2.17. The van der Waals surface area contributed by atoms with Crippen LogP contribution in [0.25, 0.3) is 25.1 Å². The summed E-state index contributed by atoms with van der Waals surface area (Å²) in [5.74, 6) is -9.98. The van der Waals surface area contributed by atoms with Gasteiger partial charge in [0.1, 0.15) is 0 Å². The second-order valence-corrected chi connectivity index (χ2v) is 7.43. The maximum absolute atomic E-state index is 14.5. The summed E-state index contributed by atoms with van der Waals surface area (Å²) >= 11 is 0. The van der Waals surface area contributed by atoms with Crippen LogP contribution >= 0.6 is 10.5 Å². The Hall–Kier alpha value is -2.80. The number of halogens is 5. The fraction of sp³-hybridized carbons (Fsp3) is 0. The van der Waals surface area contributed by atoms with Crippen molar-refractivity contribution in [3.63, 3.8) is 0 Å². The largest absolute Gasteiger partial charge is 0.288 e. The molecule has 0 amide bonds. The zero-order valence-electron chi connectivity index (χ0n) is 12.8. The summed E-state index contributed by atoms with van der Waals surface area (Å²) < 4.78 is 70.4. The quantitative estimate of drug-likeness (QED) is 0.135. The highest BCUT2D eigenvalue weighted by molar-refractivity contribution is 7.49. The van der Waals surface area contributed by atoms with Gasteiger partial charge in [-0.25, -0.2) is 13.2 Å². The molecule has 0 radical (unpaired) electrons. The van der Waals surface area contributed by atoms with Gasteiger partial charge in [-0.2, -0.15) is 8.78 Å². The minimum atomic E-state index is -2.21. The minimum absolute atomic E-state index is 0.179. The predicted molar refractivity (Wildman–Crippen MR) is 91.3 cm³/mol.